The molecule has 2 N–H and O–H groups in total. The Morgan fingerprint density at radius 1 is 1.55 bits per heavy atom. The number of nitrogen functional groups attached to an aromatic ring is 1. The first-order valence-corrected chi connectivity index (χ1v) is 3.80. The van der Waals surface area contributed by atoms with E-state index in [0.717, 1.165) is 12.8 Å². The van der Waals surface area contributed by atoms with E-state index in [1.54, 1.807) is 0 Å². The maximum Gasteiger partial charge on any atom is 0.312 e. The van der Waals surface area contributed by atoms with Crippen LogP contribution in [-0.4, -0.2) is 10.2 Å². The summed E-state index contributed by atoms with van der Waals surface area (Å²) in [5, 5.41) is 7.33. The lowest BCUT2D eigenvalue weighted by molar-refractivity contribution is 0.446. The largest absolute Gasteiger partial charge is 0.408 e. The van der Waals surface area contributed by atoms with Gasteiger partial charge in [0.2, 0.25) is 5.89 Å². The van der Waals surface area contributed by atoms with Crippen LogP contribution in [0.15, 0.2) is 4.42 Å². The molecular weight excluding hydrogens is 142 g/mol. The number of nitrogens with two attached hydrogens (primary N) is 1. The second-order valence-electron chi connectivity index (χ2n) is 2.75. The number of hydrogen-bond acceptors (Lipinski definition) is 4. The molecule has 0 bridgehead atoms. The lowest BCUT2D eigenvalue weighted by atomic mass is 10.1. The van der Waals surface area contributed by atoms with Gasteiger partial charge in [-0.15, -0.1) is 5.10 Å². The van der Waals surface area contributed by atoms with Crippen LogP contribution >= 0.6 is 0 Å². The summed E-state index contributed by atoms with van der Waals surface area (Å²) in [5.41, 5.74) is 5.26. The Kier molecular flexibility index (Phi) is 2.46. The van der Waals surface area contributed by atoms with Crippen LogP contribution in [0.25, 0.3) is 0 Å². The Hall–Kier alpha value is -1.06. The van der Waals surface area contributed by atoms with Crippen LogP contribution in [0.5, 0.6) is 0 Å². The van der Waals surface area contributed by atoms with Crippen molar-refractivity contribution in [1.82, 2.24) is 10.2 Å². The van der Waals surface area contributed by atoms with Crippen molar-refractivity contribution >= 4 is 6.01 Å². The molecular formula is C7H13N3O. The molecule has 0 radical (unpaired) electrons. The van der Waals surface area contributed by atoms with Crippen LogP contribution < -0.4 is 5.73 Å². The van der Waals surface area contributed by atoms with Crippen molar-refractivity contribution in [2.75, 3.05) is 5.73 Å². The molecule has 1 unspecified atom stereocenters. The van der Waals surface area contributed by atoms with Gasteiger partial charge in [0.25, 0.3) is 0 Å². The number of nitrogens with zero attached hydrogens (tertiary/aromatic N) is 2. The number of hydrogen-bond donors (Lipinski definition) is 1. The van der Waals surface area contributed by atoms with Crippen molar-refractivity contribution in [3.05, 3.63) is 5.89 Å². The maximum atomic E-state index is 5.26. The highest BCUT2D eigenvalue weighted by Crippen LogP contribution is 2.10. The highest BCUT2D eigenvalue weighted by atomic mass is 16.4. The third-order valence-electron chi connectivity index (χ3n) is 1.70. The van der Waals surface area contributed by atoms with Gasteiger partial charge in [0, 0.05) is 6.42 Å². The Morgan fingerprint density at radius 2 is 2.27 bits per heavy atom. The van der Waals surface area contributed by atoms with Crippen molar-refractivity contribution in [3.8, 4) is 0 Å². The molecule has 0 spiro atoms. The molecule has 0 fully saturated rings. The average molecular weight is 155 g/mol. The van der Waals surface area contributed by atoms with E-state index in [9.17, 15) is 0 Å². The lowest BCUT2D eigenvalue weighted by Gasteiger charge is -2.01. The van der Waals surface area contributed by atoms with E-state index >= 15 is 0 Å². The zero-order valence-electron chi connectivity index (χ0n) is 6.87. The number of rotatable bonds is 3. The summed E-state index contributed by atoms with van der Waals surface area (Å²) in [4.78, 5) is 0. The summed E-state index contributed by atoms with van der Waals surface area (Å²) in [6, 6.07) is 0.156. The fourth-order valence-electron chi connectivity index (χ4n) is 0.792. The molecule has 0 aliphatic rings. The predicted molar refractivity (Wildman–Crippen MR) is 41.9 cm³/mol. The van der Waals surface area contributed by atoms with E-state index < -0.39 is 0 Å². The highest BCUT2D eigenvalue weighted by molar-refractivity contribution is 5.04. The first-order valence-electron chi connectivity index (χ1n) is 3.80. The van der Waals surface area contributed by atoms with Gasteiger partial charge in [-0.2, -0.15) is 0 Å². The first-order chi connectivity index (χ1) is 5.22. The fourth-order valence-corrected chi connectivity index (χ4v) is 0.792. The molecule has 0 amide bonds. The van der Waals surface area contributed by atoms with Crippen LogP contribution in [0, 0.1) is 5.92 Å². The summed E-state index contributed by atoms with van der Waals surface area (Å²) in [5.74, 6) is 1.21. The minimum atomic E-state index is 0.156. The normalized spacial score (nSPS) is 13.3. The molecule has 11 heavy (non-hydrogen) atoms. The molecule has 4 heteroatoms. The van der Waals surface area contributed by atoms with E-state index in [2.05, 4.69) is 24.0 Å². The van der Waals surface area contributed by atoms with Gasteiger partial charge < -0.3 is 10.2 Å². The lowest BCUT2D eigenvalue weighted by Crippen LogP contribution is -1.97. The third-order valence-corrected chi connectivity index (χ3v) is 1.70. The highest BCUT2D eigenvalue weighted by Gasteiger charge is 2.06. The Bertz CT molecular complexity index is 221. The van der Waals surface area contributed by atoms with Gasteiger partial charge >= 0.3 is 6.01 Å². The monoisotopic (exact) mass is 155 g/mol. The van der Waals surface area contributed by atoms with Crippen molar-refractivity contribution in [3.63, 3.8) is 0 Å². The Morgan fingerprint density at radius 3 is 2.73 bits per heavy atom. The van der Waals surface area contributed by atoms with Gasteiger partial charge in [-0.25, -0.2) is 0 Å². The quantitative estimate of drug-likeness (QED) is 0.713. The minimum absolute atomic E-state index is 0.156. The van der Waals surface area contributed by atoms with E-state index in [-0.39, 0.29) is 6.01 Å². The number of anilines is 1. The van der Waals surface area contributed by atoms with Gasteiger partial charge in [0.1, 0.15) is 0 Å². The Labute approximate surface area is 65.8 Å². The molecule has 0 aliphatic heterocycles. The topological polar surface area (TPSA) is 64.9 Å². The standard InChI is InChI=1S/C7H13N3O/c1-3-5(2)4-6-9-10-7(8)11-6/h5H,3-4H2,1-2H3,(H2,8,10). The summed E-state index contributed by atoms with van der Waals surface area (Å²) in [7, 11) is 0. The SMILES string of the molecule is CCC(C)Cc1nnc(N)o1. The summed E-state index contributed by atoms with van der Waals surface area (Å²) < 4.78 is 5.01. The molecule has 1 atom stereocenters. The molecule has 1 aromatic rings. The van der Waals surface area contributed by atoms with E-state index in [0.29, 0.717) is 11.8 Å². The van der Waals surface area contributed by atoms with Gasteiger partial charge in [-0.3, -0.25) is 0 Å². The van der Waals surface area contributed by atoms with Gasteiger partial charge in [-0.1, -0.05) is 25.4 Å². The summed E-state index contributed by atoms with van der Waals surface area (Å²) in [6.07, 6.45) is 1.93. The molecule has 1 rings (SSSR count). The van der Waals surface area contributed by atoms with Gasteiger partial charge in [0.15, 0.2) is 0 Å². The number of aromatic nitrogens is 2. The molecule has 0 aliphatic carbocycles. The van der Waals surface area contributed by atoms with Crippen LogP contribution in [0.3, 0.4) is 0 Å². The zero-order valence-corrected chi connectivity index (χ0v) is 6.87. The molecule has 1 aromatic heterocycles. The van der Waals surface area contributed by atoms with Crippen LogP contribution in [0.2, 0.25) is 0 Å². The second kappa shape index (κ2) is 3.37. The van der Waals surface area contributed by atoms with E-state index in [1.165, 1.54) is 0 Å². The van der Waals surface area contributed by atoms with E-state index in [1.807, 2.05) is 0 Å². The van der Waals surface area contributed by atoms with Crippen LogP contribution in [0.4, 0.5) is 6.01 Å². The summed E-state index contributed by atoms with van der Waals surface area (Å²) >= 11 is 0. The van der Waals surface area contributed by atoms with Crippen molar-refractivity contribution in [2.45, 2.75) is 26.7 Å². The minimum Gasteiger partial charge on any atom is -0.408 e. The van der Waals surface area contributed by atoms with Crippen molar-refractivity contribution in [2.24, 2.45) is 5.92 Å². The van der Waals surface area contributed by atoms with Crippen LogP contribution in [0.1, 0.15) is 26.2 Å². The average Bonchev–Trinajstić information content (AvgIpc) is 2.35. The predicted octanol–water partition coefficient (Wildman–Crippen LogP) is 1.24. The summed E-state index contributed by atoms with van der Waals surface area (Å²) in [6.45, 7) is 4.27. The molecule has 0 saturated heterocycles. The smallest absolute Gasteiger partial charge is 0.312 e. The molecule has 0 saturated carbocycles. The molecule has 4 nitrogen and oxygen atoms in total. The molecule has 0 aromatic carbocycles. The third kappa shape index (κ3) is 2.22. The second-order valence-corrected chi connectivity index (χ2v) is 2.75. The van der Waals surface area contributed by atoms with E-state index in [4.69, 9.17) is 10.2 Å². The Balaban J connectivity index is 2.50. The zero-order chi connectivity index (χ0) is 8.27. The van der Waals surface area contributed by atoms with Crippen molar-refractivity contribution < 1.29 is 4.42 Å². The first kappa shape index (κ1) is 8.04. The van der Waals surface area contributed by atoms with Crippen molar-refractivity contribution in [1.29, 1.82) is 0 Å². The van der Waals surface area contributed by atoms with Crippen LogP contribution in [-0.2, 0) is 6.42 Å². The maximum absolute atomic E-state index is 5.26. The molecule has 1 heterocycles. The molecule has 62 valence electrons. The fraction of sp³-hybridized carbons (Fsp3) is 0.714. The van der Waals surface area contributed by atoms with Gasteiger partial charge in [0.05, 0.1) is 0 Å². The van der Waals surface area contributed by atoms with Gasteiger partial charge in [-0.05, 0) is 5.92 Å².